The molecular formula is C20H32F3IN4O. The maximum atomic E-state index is 12.2. The van der Waals surface area contributed by atoms with Crippen molar-refractivity contribution in [2.24, 2.45) is 4.99 Å². The quantitative estimate of drug-likeness (QED) is 0.221. The van der Waals surface area contributed by atoms with Crippen molar-refractivity contribution >= 4 is 29.9 Å². The minimum absolute atomic E-state index is 0. The number of nitrogens with one attached hydrogen (secondary N) is 2. The summed E-state index contributed by atoms with van der Waals surface area (Å²) in [5.74, 6) is 0.635. The zero-order chi connectivity index (χ0) is 20.2. The van der Waals surface area contributed by atoms with Crippen molar-refractivity contribution in [3.8, 4) is 0 Å². The van der Waals surface area contributed by atoms with Crippen LogP contribution < -0.4 is 10.6 Å². The molecule has 0 bridgehead atoms. The first kappa shape index (κ1) is 26.0. The Hall–Kier alpha value is -1.07. The van der Waals surface area contributed by atoms with E-state index < -0.39 is 12.6 Å². The van der Waals surface area contributed by atoms with Crippen LogP contribution in [0.4, 0.5) is 13.2 Å². The third-order valence-corrected chi connectivity index (χ3v) is 4.55. The van der Waals surface area contributed by atoms with Crippen LogP contribution in [0.5, 0.6) is 0 Å². The third kappa shape index (κ3) is 11.0. The summed E-state index contributed by atoms with van der Waals surface area (Å²) >= 11 is 0. The van der Waals surface area contributed by atoms with Crippen LogP contribution >= 0.6 is 24.0 Å². The largest absolute Gasteiger partial charge is 0.389 e. The highest BCUT2D eigenvalue weighted by molar-refractivity contribution is 14.0. The number of hydrogen-bond acceptors (Lipinski definition) is 3. The monoisotopic (exact) mass is 528 g/mol. The molecule has 2 N–H and O–H groups in total. The van der Waals surface area contributed by atoms with Crippen LogP contribution in [-0.4, -0.2) is 56.4 Å². The second kappa shape index (κ2) is 14.0. The van der Waals surface area contributed by atoms with Gasteiger partial charge in [-0.15, -0.1) is 24.0 Å². The number of alkyl halides is 3. The number of ether oxygens (including phenoxy) is 1. The zero-order valence-corrected chi connectivity index (χ0v) is 19.3. The molecule has 0 aromatic heterocycles. The summed E-state index contributed by atoms with van der Waals surface area (Å²) in [5, 5.41) is 6.27. The Balaban J connectivity index is 0.00000420. The fourth-order valence-electron chi connectivity index (χ4n) is 3.03. The van der Waals surface area contributed by atoms with Gasteiger partial charge in [-0.1, -0.05) is 24.3 Å². The van der Waals surface area contributed by atoms with E-state index in [4.69, 9.17) is 4.74 Å². The van der Waals surface area contributed by atoms with E-state index in [9.17, 15) is 13.2 Å². The number of hydrogen-bond donors (Lipinski definition) is 2. The van der Waals surface area contributed by atoms with Gasteiger partial charge in [-0.05, 0) is 30.9 Å². The van der Waals surface area contributed by atoms with E-state index in [-0.39, 0.29) is 30.4 Å². The van der Waals surface area contributed by atoms with Gasteiger partial charge in [0.15, 0.2) is 5.96 Å². The molecule has 1 aliphatic heterocycles. The normalized spacial score (nSPS) is 15.7. The highest BCUT2D eigenvalue weighted by Crippen LogP contribution is 2.21. The van der Waals surface area contributed by atoms with Crippen molar-refractivity contribution in [2.45, 2.75) is 45.5 Å². The molecule has 1 fully saturated rings. The Morgan fingerprint density at radius 1 is 1.10 bits per heavy atom. The lowest BCUT2D eigenvalue weighted by Gasteiger charge is -2.27. The molecule has 1 saturated heterocycles. The van der Waals surface area contributed by atoms with Gasteiger partial charge in [0.1, 0.15) is 0 Å². The molecule has 1 aromatic rings. The van der Waals surface area contributed by atoms with Crippen LogP contribution in [0.1, 0.15) is 37.3 Å². The van der Waals surface area contributed by atoms with Crippen LogP contribution in [0.15, 0.2) is 29.3 Å². The Labute approximate surface area is 188 Å². The molecule has 0 atom stereocenters. The van der Waals surface area contributed by atoms with Crippen molar-refractivity contribution < 1.29 is 17.9 Å². The highest BCUT2D eigenvalue weighted by atomic mass is 127. The number of morpholine rings is 1. The van der Waals surface area contributed by atoms with Gasteiger partial charge in [0.2, 0.25) is 0 Å². The molecule has 0 amide bonds. The summed E-state index contributed by atoms with van der Waals surface area (Å²) in [5.41, 5.74) is 2.40. The van der Waals surface area contributed by atoms with E-state index >= 15 is 0 Å². The second-order valence-corrected chi connectivity index (χ2v) is 6.85. The SMILES string of the molecule is CCNC(=NCc1ccccc1CN1CCOCC1)NCCCCC(F)(F)F.I. The molecule has 2 rings (SSSR count). The van der Waals surface area contributed by atoms with Gasteiger partial charge in [-0.2, -0.15) is 13.2 Å². The molecule has 0 unspecified atom stereocenters. The maximum Gasteiger partial charge on any atom is 0.389 e. The molecule has 1 aliphatic rings. The lowest BCUT2D eigenvalue weighted by atomic mass is 10.1. The summed E-state index contributed by atoms with van der Waals surface area (Å²) in [4.78, 5) is 6.98. The van der Waals surface area contributed by atoms with Crippen molar-refractivity contribution in [3.05, 3.63) is 35.4 Å². The second-order valence-electron chi connectivity index (χ2n) is 6.85. The summed E-state index contributed by atoms with van der Waals surface area (Å²) in [7, 11) is 0. The molecule has 0 radical (unpaired) electrons. The number of aliphatic imine (C=N–C) groups is 1. The van der Waals surface area contributed by atoms with E-state index in [1.165, 1.54) is 5.56 Å². The van der Waals surface area contributed by atoms with Crippen molar-refractivity contribution in [1.29, 1.82) is 0 Å². The van der Waals surface area contributed by atoms with Gasteiger partial charge < -0.3 is 15.4 Å². The molecule has 1 heterocycles. The smallest absolute Gasteiger partial charge is 0.379 e. The molecule has 5 nitrogen and oxygen atoms in total. The summed E-state index contributed by atoms with van der Waals surface area (Å²) in [6.07, 6.45) is -4.24. The first-order valence-electron chi connectivity index (χ1n) is 9.94. The predicted octanol–water partition coefficient (Wildman–Crippen LogP) is 3.92. The fourth-order valence-corrected chi connectivity index (χ4v) is 3.03. The molecule has 9 heteroatoms. The summed E-state index contributed by atoms with van der Waals surface area (Å²) < 4.78 is 42.0. The fraction of sp³-hybridized carbons (Fsp3) is 0.650. The van der Waals surface area contributed by atoms with Crippen LogP contribution in [0.25, 0.3) is 0 Å². The van der Waals surface area contributed by atoms with Crippen LogP contribution in [0.3, 0.4) is 0 Å². The van der Waals surface area contributed by atoms with E-state index in [1.807, 2.05) is 19.1 Å². The molecular weight excluding hydrogens is 496 g/mol. The number of rotatable bonds is 9. The van der Waals surface area contributed by atoms with E-state index in [1.54, 1.807) is 0 Å². The molecule has 0 spiro atoms. The topological polar surface area (TPSA) is 48.9 Å². The third-order valence-electron chi connectivity index (χ3n) is 4.55. The van der Waals surface area contributed by atoms with Crippen LogP contribution in [-0.2, 0) is 17.8 Å². The maximum absolute atomic E-state index is 12.2. The lowest BCUT2D eigenvalue weighted by Crippen LogP contribution is -2.38. The lowest BCUT2D eigenvalue weighted by molar-refractivity contribution is -0.135. The van der Waals surface area contributed by atoms with Gasteiger partial charge in [0.25, 0.3) is 0 Å². The molecule has 1 aromatic carbocycles. The van der Waals surface area contributed by atoms with Gasteiger partial charge in [-0.25, -0.2) is 4.99 Å². The molecule has 0 aliphatic carbocycles. The number of unbranched alkanes of at least 4 members (excludes halogenated alkanes) is 1. The molecule has 29 heavy (non-hydrogen) atoms. The molecule has 0 saturated carbocycles. The molecule has 166 valence electrons. The zero-order valence-electron chi connectivity index (χ0n) is 16.9. The van der Waals surface area contributed by atoms with Gasteiger partial charge in [-0.3, -0.25) is 4.90 Å². The van der Waals surface area contributed by atoms with E-state index in [0.717, 1.165) is 38.4 Å². The van der Waals surface area contributed by atoms with Crippen LogP contribution in [0.2, 0.25) is 0 Å². The van der Waals surface area contributed by atoms with Crippen molar-refractivity contribution in [3.63, 3.8) is 0 Å². The van der Waals surface area contributed by atoms with E-state index in [0.29, 0.717) is 32.0 Å². The first-order chi connectivity index (χ1) is 13.5. The van der Waals surface area contributed by atoms with Crippen molar-refractivity contribution in [2.75, 3.05) is 39.4 Å². The number of guanidine groups is 1. The minimum atomic E-state index is -4.08. The number of benzene rings is 1. The summed E-state index contributed by atoms with van der Waals surface area (Å²) in [6, 6.07) is 8.24. The first-order valence-corrected chi connectivity index (χ1v) is 9.94. The standard InChI is InChI=1S/C20H31F3N4O.HI/c1-2-24-19(25-10-6-5-9-20(21,22)23)26-15-17-7-3-4-8-18(17)16-27-11-13-28-14-12-27;/h3-4,7-8H,2,5-6,9-16H2,1H3,(H2,24,25,26);1H. The highest BCUT2D eigenvalue weighted by Gasteiger charge is 2.25. The van der Waals surface area contributed by atoms with Gasteiger partial charge in [0, 0.05) is 39.1 Å². The van der Waals surface area contributed by atoms with Crippen LogP contribution in [0, 0.1) is 0 Å². The Morgan fingerprint density at radius 3 is 2.45 bits per heavy atom. The van der Waals surface area contributed by atoms with E-state index in [2.05, 4.69) is 32.7 Å². The Kier molecular flexibility index (Phi) is 12.6. The number of nitrogens with zero attached hydrogens (tertiary/aromatic N) is 2. The number of halogens is 4. The van der Waals surface area contributed by atoms with Gasteiger partial charge >= 0.3 is 6.18 Å². The Bertz CT molecular complexity index is 608. The average molecular weight is 528 g/mol. The van der Waals surface area contributed by atoms with Crippen molar-refractivity contribution in [1.82, 2.24) is 15.5 Å². The summed E-state index contributed by atoms with van der Waals surface area (Å²) in [6.45, 7) is 7.93. The predicted molar refractivity (Wildman–Crippen MR) is 121 cm³/mol. The minimum Gasteiger partial charge on any atom is -0.379 e. The van der Waals surface area contributed by atoms with Gasteiger partial charge in [0.05, 0.1) is 19.8 Å². The Morgan fingerprint density at radius 2 is 1.79 bits per heavy atom. The average Bonchev–Trinajstić information content (AvgIpc) is 2.66.